The van der Waals surface area contributed by atoms with E-state index in [0.29, 0.717) is 12.1 Å². The summed E-state index contributed by atoms with van der Waals surface area (Å²) >= 11 is 0. The fourth-order valence-electron chi connectivity index (χ4n) is 1.55. The number of imidazole rings is 1. The van der Waals surface area contributed by atoms with Crippen molar-refractivity contribution in [2.75, 3.05) is 7.11 Å². The zero-order valence-electron chi connectivity index (χ0n) is 8.56. The van der Waals surface area contributed by atoms with E-state index in [1.54, 1.807) is 13.3 Å². The van der Waals surface area contributed by atoms with Crippen molar-refractivity contribution < 1.29 is 4.74 Å². The third kappa shape index (κ3) is 1.23. The molecule has 2 heterocycles. The summed E-state index contributed by atoms with van der Waals surface area (Å²) in [5, 5.41) is 0. The van der Waals surface area contributed by atoms with Gasteiger partial charge < -0.3 is 4.74 Å². The Bertz CT molecular complexity index is 448. The average Bonchev–Trinajstić information content (AvgIpc) is 2.55. The van der Waals surface area contributed by atoms with Crippen LogP contribution in [-0.2, 0) is 0 Å². The standard InChI is InChI=1S/C10H13N3O/c1-7(2)13-8-5-4-6-11-9(8)12-10(13)14-3/h4-7H,1-3H3. The van der Waals surface area contributed by atoms with Crippen LogP contribution in [0.15, 0.2) is 18.3 Å². The molecule has 0 aromatic carbocycles. The number of rotatable bonds is 2. The molecule has 0 saturated carbocycles. The van der Waals surface area contributed by atoms with Gasteiger partial charge in [0.1, 0.15) is 0 Å². The van der Waals surface area contributed by atoms with Gasteiger partial charge in [-0.2, -0.15) is 4.98 Å². The van der Waals surface area contributed by atoms with E-state index in [2.05, 4.69) is 23.8 Å². The Labute approximate surface area is 82.5 Å². The van der Waals surface area contributed by atoms with Crippen LogP contribution >= 0.6 is 0 Å². The molecule has 0 atom stereocenters. The first-order chi connectivity index (χ1) is 6.74. The Kier molecular flexibility index (Phi) is 2.11. The second kappa shape index (κ2) is 3.29. The summed E-state index contributed by atoms with van der Waals surface area (Å²) in [5.74, 6) is 0. The number of ether oxygens (including phenoxy) is 1. The molecule has 0 amide bonds. The zero-order chi connectivity index (χ0) is 10.1. The molecule has 0 radical (unpaired) electrons. The molecule has 74 valence electrons. The largest absolute Gasteiger partial charge is 0.468 e. The lowest BCUT2D eigenvalue weighted by molar-refractivity contribution is 0.350. The van der Waals surface area contributed by atoms with E-state index < -0.39 is 0 Å². The van der Waals surface area contributed by atoms with Gasteiger partial charge in [0.15, 0.2) is 5.65 Å². The molecule has 0 bridgehead atoms. The van der Waals surface area contributed by atoms with Gasteiger partial charge in [-0.1, -0.05) is 0 Å². The number of hydrogen-bond donors (Lipinski definition) is 0. The lowest BCUT2D eigenvalue weighted by Gasteiger charge is -2.10. The lowest BCUT2D eigenvalue weighted by Crippen LogP contribution is -2.03. The maximum absolute atomic E-state index is 5.20. The first-order valence-electron chi connectivity index (χ1n) is 4.61. The molecule has 0 aliphatic carbocycles. The van der Waals surface area contributed by atoms with Crippen LogP contribution in [-0.4, -0.2) is 21.6 Å². The summed E-state index contributed by atoms with van der Waals surface area (Å²) in [6.07, 6.45) is 1.74. The third-order valence-electron chi connectivity index (χ3n) is 2.13. The Hall–Kier alpha value is -1.58. The van der Waals surface area contributed by atoms with Crippen molar-refractivity contribution in [3.05, 3.63) is 18.3 Å². The van der Waals surface area contributed by atoms with E-state index >= 15 is 0 Å². The van der Waals surface area contributed by atoms with E-state index in [0.717, 1.165) is 11.2 Å². The van der Waals surface area contributed by atoms with Crippen molar-refractivity contribution in [3.63, 3.8) is 0 Å². The van der Waals surface area contributed by atoms with Crippen LogP contribution in [0.2, 0.25) is 0 Å². The topological polar surface area (TPSA) is 39.9 Å². The van der Waals surface area contributed by atoms with Crippen LogP contribution in [0.4, 0.5) is 0 Å². The van der Waals surface area contributed by atoms with Crippen molar-refractivity contribution >= 4 is 11.2 Å². The summed E-state index contributed by atoms with van der Waals surface area (Å²) in [6, 6.07) is 4.84. The molecule has 0 aliphatic rings. The number of pyridine rings is 1. The van der Waals surface area contributed by atoms with Crippen LogP contribution in [0.1, 0.15) is 19.9 Å². The SMILES string of the molecule is COc1nc2ncccc2n1C(C)C. The van der Waals surface area contributed by atoms with Crippen molar-refractivity contribution in [2.24, 2.45) is 0 Å². The molecule has 0 spiro atoms. The highest BCUT2D eigenvalue weighted by Crippen LogP contribution is 2.23. The lowest BCUT2D eigenvalue weighted by atomic mass is 10.3. The summed E-state index contributed by atoms with van der Waals surface area (Å²) in [5.41, 5.74) is 1.75. The van der Waals surface area contributed by atoms with Gasteiger partial charge in [0.05, 0.1) is 12.6 Å². The minimum absolute atomic E-state index is 0.319. The van der Waals surface area contributed by atoms with E-state index in [4.69, 9.17) is 4.74 Å². The molecule has 4 nitrogen and oxygen atoms in total. The van der Waals surface area contributed by atoms with E-state index in [1.165, 1.54) is 0 Å². The normalized spacial score (nSPS) is 11.1. The highest BCUT2D eigenvalue weighted by atomic mass is 16.5. The smallest absolute Gasteiger partial charge is 0.298 e. The van der Waals surface area contributed by atoms with Crippen molar-refractivity contribution in [1.29, 1.82) is 0 Å². The van der Waals surface area contributed by atoms with Gasteiger partial charge >= 0.3 is 0 Å². The van der Waals surface area contributed by atoms with Crippen LogP contribution < -0.4 is 4.74 Å². The molecular weight excluding hydrogens is 178 g/mol. The highest BCUT2D eigenvalue weighted by molar-refractivity contribution is 5.72. The van der Waals surface area contributed by atoms with Gasteiger partial charge in [-0.3, -0.25) is 4.57 Å². The molecule has 0 aliphatic heterocycles. The van der Waals surface area contributed by atoms with E-state index in [1.807, 2.05) is 16.7 Å². The first-order valence-corrected chi connectivity index (χ1v) is 4.61. The molecular formula is C10H13N3O. The molecule has 14 heavy (non-hydrogen) atoms. The van der Waals surface area contributed by atoms with Gasteiger partial charge in [-0.15, -0.1) is 0 Å². The third-order valence-corrected chi connectivity index (χ3v) is 2.13. The average molecular weight is 191 g/mol. The fraction of sp³-hybridized carbons (Fsp3) is 0.400. The zero-order valence-corrected chi connectivity index (χ0v) is 8.56. The molecule has 2 aromatic rings. The maximum Gasteiger partial charge on any atom is 0.298 e. The molecule has 2 rings (SSSR count). The van der Waals surface area contributed by atoms with Crippen molar-refractivity contribution in [3.8, 4) is 6.01 Å². The van der Waals surface area contributed by atoms with Crippen LogP contribution in [0.5, 0.6) is 6.01 Å². The number of hydrogen-bond acceptors (Lipinski definition) is 3. The first kappa shape index (κ1) is 8.99. The quantitative estimate of drug-likeness (QED) is 0.729. The van der Waals surface area contributed by atoms with Crippen LogP contribution in [0, 0.1) is 0 Å². The second-order valence-electron chi connectivity index (χ2n) is 3.41. The predicted octanol–water partition coefficient (Wildman–Crippen LogP) is 2.02. The van der Waals surface area contributed by atoms with Crippen LogP contribution in [0.3, 0.4) is 0 Å². The van der Waals surface area contributed by atoms with Crippen molar-refractivity contribution in [1.82, 2.24) is 14.5 Å². The van der Waals surface area contributed by atoms with Gasteiger partial charge in [-0.25, -0.2) is 4.98 Å². The Balaban J connectivity index is 2.74. The number of nitrogens with zero attached hydrogens (tertiary/aromatic N) is 3. The molecule has 0 unspecified atom stereocenters. The van der Waals surface area contributed by atoms with E-state index in [9.17, 15) is 0 Å². The predicted molar refractivity (Wildman–Crippen MR) is 54.5 cm³/mol. The Morgan fingerprint density at radius 2 is 2.21 bits per heavy atom. The molecule has 0 saturated heterocycles. The number of fused-ring (bicyclic) bond motifs is 1. The van der Waals surface area contributed by atoms with Gasteiger partial charge in [0.2, 0.25) is 0 Å². The number of methoxy groups -OCH3 is 1. The summed E-state index contributed by atoms with van der Waals surface area (Å²) < 4.78 is 7.23. The second-order valence-corrected chi connectivity index (χ2v) is 3.41. The molecule has 0 fully saturated rings. The minimum Gasteiger partial charge on any atom is -0.468 e. The fourth-order valence-corrected chi connectivity index (χ4v) is 1.55. The Morgan fingerprint density at radius 3 is 2.86 bits per heavy atom. The van der Waals surface area contributed by atoms with Gasteiger partial charge in [-0.05, 0) is 26.0 Å². The number of aromatic nitrogens is 3. The van der Waals surface area contributed by atoms with Crippen LogP contribution in [0.25, 0.3) is 11.2 Å². The summed E-state index contributed by atoms with van der Waals surface area (Å²) in [4.78, 5) is 8.46. The van der Waals surface area contributed by atoms with E-state index in [-0.39, 0.29) is 0 Å². The Morgan fingerprint density at radius 1 is 1.43 bits per heavy atom. The summed E-state index contributed by atoms with van der Waals surface area (Å²) in [6.45, 7) is 4.19. The molecule has 4 heteroatoms. The monoisotopic (exact) mass is 191 g/mol. The molecule has 2 aromatic heterocycles. The molecule has 0 N–H and O–H groups in total. The minimum atomic E-state index is 0.319. The van der Waals surface area contributed by atoms with Gasteiger partial charge in [0.25, 0.3) is 6.01 Å². The maximum atomic E-state index is 5.20. The van der Waals surface area contributed by atoms with Crippen molar-refractivity contribution in [2.45, 2.75) is 19.9 Å². The highest BCUT2D eigenvalue weighted by Gasteiger charge is 2.13. The van der Waals surface area contributed by atoms with Gasteiger partial charge in [0, 0.05) is 12.2 Å². The summed E-state index contributed by atoms with van der Waals surface area (Å²) in [7, 11) is 1.63.